The van der Waals surface area contributed by atoms with Gasteiger partial charge in [0.25, 0.3) is 0 Å². The van der Waals surface area contributed by atoms with E-state index in [1.165, 1.54) is 22.3 Å². The van der Waals surface area contributed by atoms with Gasteiger partial charge in [0.15, 0.2) is 0 Å². The van der Waals surface area contributed by atoms with Crippen molar-refractivity contribution in [2.24, 2.45) is 0 Å². The van der Waals surface area contributed by atoms with Crippen LogP contribution in [0.1, 0.15) is 36.1 Å². The Labute approximate surface area is 135 Å². The maximum Gasteiger partial charge on any atom is 0.236 e. The van der Waals surface area contributed by atoms with E-state index in [0.29, 0.717) is 13.1 Å². The lowest BCUT2D eigenvalue weighted by atomic mass is 9.99. The van der Waals surface area contributed by atoms with Crippen LogP contribution in [0.4, 0.5) is 0 Å². The molecule has 0 radical (unpaired) electrons. The van der Waals surface area contributed by atoms with Crippen LogP contribution in [-0.2, 0) is 11.3 Å². The van der Waals surface area contributed by atoms with E-state index in [4.69, 9.17) is 0 Å². The van der Waals surface area contributed by atoms with Gasteiger partial charge in [-0.05, 0) is 50.6 Å². The average Bonchev–Trinajstić information content (AvgIpc) is 2.39. The number of rotatable bonds is 6. The summed E-state index contributed by atoms with van der Waals surface area (Å²) in [6.07, 6.45) is 0. The van der Waals surface area contributed by atoms with Gasteiger partial charge in [-0.1, -0.05) is 31.5 Å². The third-order valence-corrected chi connectivity index (χ3v) is 3.91. The van der Waals surface area contributed by atoms with Crippen LogP contribution in [0.2, 0.25) is 0 Å². The van der Waals surface area contributed by atoms with Crippen LogP contribution in [0.25, 0.3) is 0 Å². The van der Waals surface area contributed by atoms with Gasteiger partial charge in [0, 0.05) is 13.6 Å². The summed E-state index contributed by atoms with van der Waals surface area (Å²) in [5.74, 6) is 0.188. The number of benzene rings is 1. The third-order valence-electron chi connectivity index (χ3n) is 3.91. The fourth-order valence-electron chi connectivity index (χ4n) is 2.54. The quantitative estimate of drug-likeness (QED) is 0.804. The van der Waals surface area contributed by atoms with Crippen LogP contribution in [0.15, 0.2) is 12.1 Å². The molecule has 1 amide bonds. The predicted molar refractivity (Wildman–Crippen MR) is 92.2 cm³/mol. The van der Waals surface area contributed by atoms with Crippen molar-refractivity contribution in [3.8, 4) is 0 Å². The van der Waals surface area contributed by atoms with Crippen molar-refractivity contribution in [2.75, 3.05) is 26.7 Å². The molecule has 120 valence electrons. The van der Waals surface area contributed by atoms with Crippen molar-refractivity contribution in [1.82, 2.24) is 9.80 Å². The molecule has 1 rings (SSSR count). The van der Waals surface area contributed by atoms with E-state index in [9.17, 15) is 4.79 Å². The first-order valence-electron chi connectivity index (χ1n) is 7.42. The first-order chi connectivity index (χ1) is 9.38. The second kappa shape index (κ2) is 9.06. The van der Waals surface area contributed by atoms with Crippen LogP contribution >= 0.6 is 12.4 Å². The lowest BCUT2D eigenvalue weighted by Gasteiger charge is -2.24. The molecule has 1 aromatic rings. The van der Waals surface area contributed by atoms with Crippen LogP contribution in [0, 0.1) is 20.8 Å². The number of carbonyl (C=O) groups is 1. The molecule has 1 aromatic carbocycles. The van der Waals surface area contributed by atoms with Crippen molar-refractivity contribution in [1.29, 1.82) is 0 Å². The normalized spacial score (nSPS) is 10.4. The topological polar surface area (TPSA) is 23.6 Å². The third kappa shape index (κ3) is 5.68. The van der Waals surface area contributed by atoms with Crippen molar-refractivity contribution in [3.63, 3.8) is 0 Å². The van der Waals surface area contributed by atoms with Gasteiger partial charge in [-0.15, -0.1) is 12.4 Å². The van der Waals surface area contributed by atoms with Crippen LogP contribution in [0.3, 0.4) is 0 Å². The van der Waals surface area contributed by atoms with E-state index in [-0.39, 0.29) is 18.3 Å². The van der Waals surface area contributed by atoms with E-state index in [1.807, 2.05) is 11.9 Å². The molecule has 0 aromatic heterocycles. The number of aryl methyl sites for hydroxylation is 3. The minimum Gasteiger partial charge on any atom is -0.340 e. The van der Waals surface area contributed by atoms with Gasteiger partial charge >= 0.3 is 0 Å². The Bertz CT molecular complexity index is 447. The van der Waals surface area contributed by atoms with E-state index < -0.39 is 0 Å². The first kappa shape index (κ1) is 19.9. The summed E-state index contributed by atoms with van der Waals surface area (Å²) in [7, 11) is 1.89. The molecule has 0 aliphatic rings. The van der Waals surface area contributed by atoms with Crippen molar-refractivity contribution in [2.45, 2.75) is 41.2 Å². The smallest absolute Gasteiger partial charge is 0.236 e. The maximum atomic E-state index is 12.2. The molecule has 0 aliphatic carbocycles. The molecule has 0 N–H and O–H groups in total. The molecule has 21 heavy (non-hydrogen) atoms. The average molecular weight is 313 g/mol. The number of hydrogen-bond donors (Lipinski definition) is 0. The fraction of sp³-hybridized carbons (Fsp3) is 0.588. The monoisotopic (exact) mass is 312 g/mol. The Kier molecular flexibility index (Phi) is 8.60. The maximum absolute atomic E-state index is 12.2. The van der Waals surface area contributed by atoms with Crippen molar-refractivity contribution in [3.05, 3.63) is 34.4 Å². The Morgan fingerprint density at radius 1 is 1.05 bits per heavy atom. The molecule has 4 heteroatoms. The molecule has 0 saturated carbocycles. The fourth-order valence-corrected chi connectivity index (χ4v) is 2.54. The number of likely N-dealkylation sites (N-methyl/N-ethyl adjacent to an activating group) is 2. The lowest BCUT2D eigenvalue weighted by molar-refractivity contribution is -0.131. The second-order valence-corrected chi connectivity index (χ2v) is 5.59. The highest BCUT2D eigenvalue weighted by Gasteiger charge is 2.14. The van der Waals surface area contributed by atoms with Gasteiger partial charge < -0.3 is 4.90 Å². The highest BCUT2D eigenvalue weighted by Crippen LogP contribution is 2.18. The van der Waals surface area contributed by atoms with Gasteiger partial charge in [-0.2, -0.15) is 0 Å². The molecular weight excluding hydrogens is 284 g/mol. The SMILES string of the molecule is CCN(CC)CC(=O)N(C)Cc1c(C)cc(C)cc1C.Cl. The summed E-state index contributed by atoms with van der Waals surface area (Å²) in [5.41, 5.74) is 5.09. The van der Waals surface area contributed by atoms with E-state index >= 15 is 0 Å². The number of halogens is 1. The van der Waals surface area contributed by atoms with Crippen molar-refractivity contribution >= 4 is 18.3 Å². The van der Waals surface area contributed by atoms with Gasteiger partial charge in [0.2, 0.25) is 5.91 Å². The first-order valence-corrected chi connectivity index (χ1v) is 7.42. The zero-order valence-electron chi connectivity index (χ0n) is 14.2. The zero-order chi connectivity index (χ0) is 15.3. The van der Waals surface area contributed by atoms with Crippen LogP contribution < -0.4 is 0 Å². The standard InChI is InChI=1S/C17H28N2O.ClH/c1-7-19(8-2)12-17(20)18(6)11-16-14(4)9-13(3)10-15(16)5;/h9-10H,7-8,11-12H2,1-6H3;1H. The van der Waals surface area contributed by atoms with Crippen LogP contribution in [-0.4, -0.2) is 42.4 Å². The Morgan fingerprint density at radius 2 is 1.52 bits per heavy atom. The number of carbonyl (C=O) groups excluding carboxylic acids is 1. The summed E-state index contributed by atoms with van der Waals surface area (Å²) >= 11 is 0. The summed E-state index contributed by atoms with van der Waals surface area (Å²) < 4.78 is 0. The Hall–Kier alpha value is -1.06. The largest absolute Gasteiger partial charge is 0.340 e. The molecule has 0 bridgehead atoms. The number of nitrogens with zero attached hydrogens (tertiary/aromatic N) is 2. The van der Waals surface area contributed by atoms with Crippen molar-refractivity contribution < 1.29 is 4.79 Å². The van der Waals surface area contributed by atoms with E-state index in [2.05, 4.69) is 51.7 Å². The predicted octanol–water partition coefficient (Wildman–Crippen LogP) is 3.33. The molecule has 3 nitrogen and oxygen atoms in total. The second-order valence-electron chi connectivity index (χ2n) is 5.59. The minimum absolute atomic E-state index is 0. The number of amides is 1. The summed E-state index contributed by atoms with van der Waals surface area (Å²) in [6.45, 7) is 13.6. The summed E-state index contributed by atoms with van der Waals surface area (Å²) in [4.78, 5) is 16.2. The molecule has 0 heterocycles. The Balaban J connectivity index is 0.00000400. The van der Waals surface area contributed by atoms with Gasteiger partial charge in [0.1, 0.15) is 0 Å². The molecule has 0 spiro atoms. The lowest BCUT2D eigenvalue weighted by Crippen LogP contribution is -2.38. The highest BCUT2D eigenvalue weighted by atomic mass is 35.5. The molecule has 0 fully saturated rings. The zero-order valence-corrected chi connectivity index (χ0v) is 15.0. The molecular formula is C17H29ClN2O. The summed E-state index contributed by atoms with van der Waals surface area (Å²) in [5, 5.41) is 0. The Morgan fingerprint density at radius 3 is 1.95 bits per heavy atom. The minimum atomic E-state index is 0. The highest BCUT2D eigenvalue weighted by molar-refractivity contribution is 5.85. The van der Waals surface area contributed by atoms with E-state index in [0.717, 1.165) is 13.1 Å². The molecule has 0 saturated heterocycles. The van der Waals surface area contributed by atoms with Gasteiger partial charge in [-0.25, -0.2) is 0 Å². The molecule has 0 atom stereocenters. The van der Waals surface area contributed by atoms with Gasteiger partial charge in [-0.3, -0.25) is 9.69 Å². The van der Waals surface area contributed by atoms with Gasteiger partial charge in [0.05, 0.1) is 6.54 Å². The molecule has 0 aliphatic heterocycles. The molecule has 0 unspecified atom stereocenters. The number of hydrogen-bond acceptors (Lipinski definition) is 2. The van der Waals surface area contributed by atoms with E-state index in [1.54, 1.807) is 0 Å². The van der Waals surface area contributed by atoms with Crippen LogP contribution in [0.5, 0.6) is 0 Å². The summed E-state index contributed by atoms with van der Waals surface area (Å²) in [6, 6.07) is 4.37.